The van der Waals surface area contributed by atoms with Crippen molar-refractivity contribution in [2.45, 2.75) is 33.3 Å². The van der Waals surface area contributed by atoms with Gasteiger partial charge in [0.15, 0.2) is 0 Å². The smallest absolute Gasteiger partial charge is 0.255 e. The van der Waals surface area contributed by atoms with Gasteiger partial charge in [-0.15, -0.1) is 0 Å². The summed E-state index contributed by atoms with van der Waals surface area (Å²) in [5.41, 5.74) is 2.76. The van der Waals surface area contributed by atoms with Gasteiger partial charge in [0, 0.05) is 31.0 Å². The van der Waals surface area contributed by atoms with Crippen molar-refractivity contribution in [1.82, 2.24) is 9.88 Å². The molecule has 0 radical (unpaired) electrons. The van der Waals surface area contributed by atoms with Gasteiger partial charge in [0.2, 0.25) is 0 Å². The van der Waals surface area contributed by atoms with Crippen LogP contribution in [0.3, 0.4) is 0 Å². The second kappa shape index (κ2) is 7.47. The molecule has 1 aliphatic heterocycles. The van der Waals surface area contributed by atoms with Gasteiger partial charge in [-0.1, -0.05) is 24.6 Å². The molecule has 1 aromatic carbocycles. The summed E-state index contributed by atoms with van der Waals surface area (Å²) < 4.78 is 5.78. The van der Waals surface area contributed by atoms with E-state index in [1.165, 1.54) is 5.56 Å². The summed E-state index contributed by atoms with van der Waals surface area (Å²) in [4.78, 5) is 18.8. The highest BCUT2D eigenvalue weighted by molar-refractivity contribution is 5.94. The van der Waals surface area contributed by atoms with Crippen molar-refractivity contribution in [1.29, 1.82) is 0 Å². The van der Waals surface area contributed by atoms with Crippen LogP contribution >= 0.6 is 0 Å². The Kier molecular flexibility index (Phi) is 5.14. The third kappa shape index (κ3) is 4.13. The number of hydrogen-bond acceptors (Lipinski definition) is 3. The van der Waals surface area contributed by atoms with Gasteiger partial charge in [-0.3, -0.25) is 9.78 Å². The van der Waals surface area contributed by atoms with Crippen molar-refractivity contribution in [3.63, 3.8) is 0 Å². The maximum absolute atomic E-state index is 12.6. The number of amides is 1. The zero-order valence-corrected chi connectivity index (χ0v) is 14.4. The van der Waals surface area contributed by atoms with Crippen molar-refractivity contribution >= 4 is 5.91 Å². The Balaban J connectivity index is 1.63. The van der Waals surface area contributed by atoms with Crippen LogP contribution in [0.25, 0.3) is 0 Å². The fourth-order valence-electron chi connectivity index (χ4n) is 2.88. The van der Waals surface area contributed by atoms with E-state index in [1.807, 2.05) is 42.2 Å². The van der Waals surface area contributed by atoms with Gasteiger partial charge in [-0.2, -0.15) is 0 Å². The van der Waals surface area contributed by atoms with Crippen LogP contribution in [0.4, 0.5) is 0 Å². The summed E-state index contributed by atoms with van der Waals surface area (Å²) in [5, 5.41) is 0. The van der Waals surface area contributed by atoms with E-state index in [1.54, 1.807) is 12.4 Å². The van der Waals surface area contributed by atoms with Gasteiger partial charge in [-0.05, 0) is 43.9 Å². The van der Waals surface area contributed by atoms with Crippen LogP contribution in [0.5, 0.6) is 5.75 Å². The number of piperidine rings is 1. The fraction of sp³-hybridized carbons (Fsp3) is 0.400. The molecule has 4 nitrogen and oxygen atoms in total. The molecule has 0 atom stereocenters. The number of benzene rings is 1. The Bertz CT molecular complexity index is 689. The lowest BCUT2D eigenvalue weighted by molar-refractivity contribution is 0.0696. The molecule has 24 heavy (non-hydrogen) atoms. The molecule has 2 aromatic rings. The number of carbonyl (C=O) groups excluding carboxylic acids is 1. The Hall–Kier alpha value is -2.36. The van der Waals surface area contributed by atoms with Crippen LogP contribution in [0.15, 0.2) is 42.7 Å². The highest BCUT2D eigenvalue weighted by Crippen LogP contribution is 2.19. The summed E-state index contributed by atoms with van der Waals surface area (Å²) in [6.45, 7) is 6.37. The van der Waals surface area contributed by atoms with Crippen molar-refractivity contribution in [2.24, 2.45) is 5.92 Å². The molecular formula is C20H24N2O2. The lowest BCUT2D eigenvalue weighted by Gasteiger charge is -2.30. The first-order valence-electron chi connectivity index (χ1n) is 8.54. The maximum Gasteiger partial charge on any atom is 0.255 e. The molecule has 126 valence electrons. The molecule has 1 aromatic heterocycles. The molecule has 0 N–H and O–H groups in total. The lowest BCUT2D eigenvalue weighted by atomic mass is 9.99. The average Bonchev–Trinajstić information content (AvgIpc) is 2.61. The Morgan fingerprint density at radius 2 is 1.92 bits per heavy atom. The number of pyridine rings is 1. The highest BCUT2D eigenvalue weighted by Gasteiger charge is 2.21. The van der Waals surface area contributed by atoms with Crippen molar-refractivity contribution < 1.29 is 9.53 Å². The zero-order valence-electron chi connectivity index (χ0n) is 14.4. The molecule has 1 fully saturated rings. The summed E-state index contributed by atoms with van der Waals surface area (Å²) in [5.74, 6) is 1.61. The van der Waals surface area contributed by atoms with Crippen LogP contribution in [-0.2, 0) is 6.61 Å². The summed E-state index contributed by atoms with van der Waals surface area (Å²) in [7, 11) is 0. The number of aromatic nitrogens is 1. The van der Waals surface area contributed by atoms with Crippen LogP contribution in [-0.4, -0.2) is 28.9 Å². The van der Waals surface area contributed by atoms with E-state index in [2.05, 4.69) is 11.9 Å². The van der Waals surface area contributed by atoms with E-state index in [9.17, 15) is 4.79 Å². The van der Waals surface area contributed by atoms with Gasteiger partial charge in [0.05, 0.1) is 5.56 Å². The zero-order chi connectivity index (χ0) is 16.9. The van der Waals surface area contributed by atoms with Gasteiger partial charge < -0.3 is 9.64 Å². The fourth-order valence-corrected chi connectivity index (χ4v) is 2.88. The number of aryl methyl sites for hydroxylation is 1. The Labute approximate surface area is 143 Å². The van der Waals surface area contributed by atoms with Crippen LogP contribution in [0.2, 0.25) is 0 Å². The lowest BCUT2D eigenvalue weighted by Crippen LogP contribution is -2.38. The quantitative estimate of drug-likeness (QED) is 0.858. The molecule has 0 aliphatic carbocycles. The molecule has 0 unspecified atom stereocenters. The third-order valence-electron chi connectivity index (χ3n) is 4.54. The third-order valence-corrected chi connectivity index (χ3v) is 4.54. The minimum atomic E-state index is 0.0755. The van der Waals surface area contributed by atoms with E-state index in [4.69, 9.17) is 4.74 Å². The van der Waals surface area contributed by atoms with Gasteiger partial charge >= 0.3 is 0 Å². The highest BCUT2D eigenvalue weighted by atomic mass is 16.5. The topological polar surface area (TPSA) is 42.4 Å². The van der Waals surface area contributed by atoms with Gasteiger partial charge in [-0.25, -0.2) is 0 Å². The minimum Gasteiger partial charge on any atom is -0.489 e. The van der Waals surface area contributed by atoms with Gasteiger partial charge in [0.1, 0.15) is 12.4 Å². The molecular weight excluding hydrogens is 300 g/mol. The normalized spacial score (nSPS) is 15.3. The average molecular weight is 324 g/mol. The van der Waals surface area contributed by atoms with Crippen LogP contribution in [0.1, 0.15) is 41.3 Å². The SMILES string of the molecule is Cc1ccc(OCc2cncc(C(=O)N3CCC(C)CC3)c2)cc1. The molecule has 3 rings (SSSR count). The second-order valence-corrected chi connectivity index (χ2v) is 6.66. The molecule has 0 saturated carbocycles. The summed E-state index contributed by atoms with van der Waals surface area (Å²) in [6.07, 6.45) is 5.56. The number of likely N-dealkylation sites (tertiary alicyclic amines) is 1. The summed E-state index contributed by atoms with van der Waals surface area (Å²) >= 11 is 0. The molecule has 0 bridgehead atoms. The molecule has 1 amide bonds. The first-order valence-corrected chi connectivity index (χ1v) is 8.54. The molecule has 2 heterocycles. The molecule has 0 spiro atoms. The standard InChI is InChI=1S/C20H24N2O2/c1-15-3-5-19(6-4-15)24-14-17-11-18(13-21-12-17)20(23)22-9-7-16(2)8-10-22/h3-6,11-13,16H,7-10,14H2,1-2H3. The molecule has 1 saturated heterocycles. The van der Waals surface area contributed by atoms with Crippen molar-refractivity contribution in [3.05, 3.63) is 59.4 Å². The number of ether oxygens (including phenoxy) is 1. The Morgan fingerprint density at radius 3 is 2.62 bits per heavy atom. The first kappa shape index (κ1) is 16.5. The minimum absolute atomic E-state index is 0.0755. The number of rotatable bonds is 4. The summed E-state index contributed by atoms with van der Waals surface area (Å²) in [6, 6.07) is 9.83. The van der Waals surface area contributed by atoms with Crippen LogP contribution < -0.4 is 4.74 Å². The van der Waals surface area contributed by atoms with Crippen molar-refractivity contribution in [3.8, 4) is 5.75 Å². The van der Waals surface area contributed by atoms with E-state index in [0.29, 0.717) is 18.1 Å². The maximum atomic E-state index is 12.6. The largest absolute Gasteiger partial charge is 0.489 e. The monoisotopic (exact) mass is 324 g/mol. The number of nitrogens with zero attached hydrogens (tertiary/aromatic N) is 2. The van der Waals surface area contributed by atoms with E-state index >= 15 is 0 Å². The predicted molar refractivity (Wildman–Crippen MR) is 94.0 cm³/mol. The van der Waals surface area contributed by atoms with E-state index in [0.717, 1.165) is 37.2 Å². The first-order chi connectivity index (χ1) is 11.6. The number of carbonyl (C=O) groups is 1. The molecule has 1 aliphatic rings. The van der Waals surface area contributed by atoms with Crippen LogP contribution in [0, 0.1) is 12.8 Å². The number of hydrogen-bond donors (Lipinski definition) is 0. The van der Waals surface area contributed by atoms with Gasteiger partial charge in [0.25, 0.3) is 5.91 Å². The Morgan fingerprint density at radius 1 is 1.21 bits per heavy atom. The molecule has 4 heteroatoms. The van der Waals surface area contributed by atoms with Crippen molar-refractivity contribution in [2.75, 3.05) is 13.1 Å². The van der Waals surface area contributed by atoms with E-state index < -0.39 is 0 Å². The van der Waals surface area contributed by atoms with E-state index in [-0.39, 0.29) is 5.91 Å². The second-order valence-electron chi connectivity index (χ2n) is 6.66. The predicted octanol–water partition coefficient (Wildman–Crippen LogP) is 3.84.